The molecule has 10 heteroatoms. The molecule has 8 nitrogen and oxygen atoms in total. The molecule has 0 aliphatic rings. The number of ether oxygens (including phenoxy) is 2. The Morgan fingerprint density at radius 3 is 2.67 bits per heavy atom. The first-order valence-corrected chi connectivity index (χ1v) is 9.39. The van der Waals surface area contributed by atoms with Crippen LogP contribution in [0.2, 0.25) is 0 Å². The van der Waals surface area contributed by atoms with Crippen LogP contribution >= 0.6 is 0 Å². The molecule has 0 fully saturated rings. The number of aryl methyl sites for hydroxylation is 1. The van der Waals surface area contributed by atoms with Crippen molar-refractivity contribution in [2.75, 3.05) is 25.6 Å². The van der Waals surface area contributed by atoms with E-state index in [1.807, 2.05) is 17.7 Å². The first kappa shape index (κ1) is 21.6. The number of amides is 1. The molecule has 1 N–H and O–H groups in total. The topological polar surface area (TPSA) is 91.2 Å². The summed E-state index contributed by atoms with van der Waals surface area (Å²) in [5.41, 5.74) is 1.67. The van der Waals surface area contributed by atoms with Crippen LogP contribution in [0.3, 0.4) is 0 Å². The van der Waals surface area contributed by atoms with Gasteiger partial charge in [0.15, 0.2) is 0 Å². The summed E-state index contributed by atoms with van der Waals surface area (Å²) in [5, 5.41) is 3.34. The number of halogens is 2. The number of hydrogen-bond acceptors (Lipinski definition) is 6. The van der Waals surface area contributed by atoms with E-state index < -0.39 is 11.7 Å². The predicted octanol–water partition coefficient (Wildman–Crippen LogP) is 3.61. The summed E-state index contributed by atoms with van der Waals surface area (Å²) in [6.07, 6.45) is 3.43. The van der Waals surface area contributed by atoms with Gasteiger partial charge in [0, 0.05) is 50.7 Å². The van der Waals surface area contributed by atoms with Crippen LogP contribution in [-0.2, 0) is 22.0 Å². The van der Waals surface area contributed by atoms with Gasteiger partial charge in [-0.3, -0.25) is 4.79 Å². The molecule has 3 aromatic heterocycles. The van der Waals surface area contributed by atoms with Gasteiger partial charge in [0.2, 0.25) is 17.6 Å². The maximum absolute atomic E-state index is 14.0. The van der Waals surface area contributed by atoms with Crippen molar-refractivity contribution in [1.29, 1.82) is 0 Å². The molecular weight excluding hydrogens is 396 g/mol. The van der Waals surface area contributed by atoms with Crippen molar-refractivity contribution in [2.45, 2.75) is 33.2 Å². The van der Waals surface area contributed by atoms with E-state index in [-0.39, 0.29) is 30.7 Å². The van der Waals surface area contributed by atoms with Gasteiger partial charge in [0.1, 0.15) is 12.4 Å². The molecule has 0 radical (unpaired) electrons. The Bertz CT molecular complexity index is 1060. The highest BCUT2D eigenvalue weighted by molar-refractivity contribution is 5.98. The molecule has 0 spiro atoms. The fraction of sp³-hybridized carbons (Fsp3) is 0.400. The summed E-state index contributed by atoms with van der Waals surface area (Å²) < 4.78 is 40.4. The summed E-state index contributed by atoms with van der Waals surface area (Å²) in [6, 6.07) is 3.20. The zero-order chi connectivity index (χ0) is 21.9. The summed E-state index contributed by atoms with van der Waals surface area (Å²) in [7, 11) is 1.51. The van der Waals surface area contributed by atoms with Crippen LogP contribution in [-0.4, -0.2) is 45.7 Å². The predicted molar refractivity (Wildman–Crippen MR) is 108 cm³/mol. The second-order valence-electron chi connectivity index (χ2n) is 6.74. The summed E-state index contributed by atoms with van der Waals surface area (Å²) in [4.78, 5) is 23.6. The molecule has 30 heavy (non-hydrogen) atoms. The van der Waals surface area contributed by atoms with E-state index in [0.29, 0.717) is 23.3 Å². The lowest BCUT2D eigenvalue weighted by Crippen LogP contribution is -2.15. The van der Waals surface area contributed by atoms with E-state index in [0.717, 1.165) is 12.4 Å². The largest absolute Gasteiger partial charge is 0.475 e. The fourth-order valence-corrected chi connectivity index (χ4v) is 2.96. The summed E-state index contributed by atoms with van der Waals surface area (Å²) in [5.74, 6) is -3.76. The van der Waals surface area contributed by atoms with Crippen LogP contribution in [0.1, 0.15) is 26.6 Å². The molecule has 1 amide bonds. The van der Waals surface area contributed by atoms with Gasteiger partial charge in [-0.25, -0.2) is 9.97 Å². The van der Waals surface area contributed by atoms with Gasteiger partial charge in [0.05, 0.1) is 24.0 Å². The molecule has 3 heterocycles. The molecule has 3 aromatic rings. The van der Waals surface area contributed by atoms with Crippen molar-refractivity contribution < 1.29 is 23.0 Å². The second kappa shape index (κ2) is 8.70. The lowest BCUT2D eigenvalue weighted by atomic mass is 10.1. The number of nitrogens with zero attached hydrogens (tertiary/aromatic N) is 4. The lowest BCUT2D eigenvalue weighted by molar-refractivity contribution is -0.114. The van der Waals surface area contributed by atoms with Crippen LogP contribution < -0.4 is 10.1 Å². The van der Waals surface area contributed by atoms with Crippen molar-refractivity contribution in [3.8, 4) is 17.1 Å². The van der Waals surface area contributed by atoms with Gasteiger partial charge in [0.25, 0.3) is 0 Å². The maximum atomic E-state index is 14.0. The molecule has 0 aliphatic heterocycles. The molecule has 0 saturated carbocycles. The number of anilines is 1. The van der Waals surface area contributed by atoms with E-state index in [2.05, 4.69) is 20.3 Å². The van der Waals surface area contributed by atoms with E-state index in [4.69, 9.17) is 9.47 Å². The van der Waals surface area contributed by atoms with Crippen molar-refractivity contribution >= 4 is 22.6 Å². The zero-order valence-electron chi connectivity index (χ0n) is 17.2. The van der Waals surface area contributed by atoms with Crippen molar-refractivity contribution in [3.05, 3.63) is 30.4 Å². The average molecular weight is 419 g/mol. The molecule has 0 atom stereocenters. The number of pyridine rings is 1. The first-order chi connectivity index (χ1) is 14.2. The number of aromatic nitrogens is 4. The van der Waals surface area contributed by atoms with Crippen LogP contribution in [0.25, 0.3) is 22.2 Å². The van der Waals surface area contributed by atoms with Crippen LogP contribution in [0.5, 0.6) is 5.88 Å². The Balaban J connectivity index is 2.17. The zero-order valence-corrected chi connectivity index (χ0v) is 17.2. The molecule has 0 unspecified atom stereocenters. The number of hydrogen-bond donors (Lipinski definition) is 1. The molecule has 160 valence electrons. The highest BCUT2D eigenvalue weighted by Gasteiger charge is 2.30. The highest BCUT2D eigenvalue weighted by atomic mass is 19.3. The monoisotopic (exact) mass is 419 g/mol. The normalized spacial score (nSPS) is 11.7. The van der Waals surface area contributed by atoms with E-state index in [1.165, 1.54) is 20.1 Å². The molecule has 0 saturated heterocycles. The number of nitrogens with one attached hydrogen (secondary N) is 1. The number of carbonyl (C=O) groups is 1. The van der Waals surface area contributed by atoms with Gasteiger partial charge in [-0.2, -0.15) is 13.8 Å². The van der Waals surface area contributed by atoms with Gasteiger partial charge in [-0.1, -0.05) is 0 Å². The van der Waals surface area contributed by atoms with Gasteiger partial charge >= 0.3 is 5.92 Å². The number of rotatable bonds is 8. The standard InChI is InChI=1S/C20H23F2N5O3/c1-5-27-11-14(13-8-17(24-12(2)28)23-10-16(13)27)15-9-18(30-7-6-29-4)26-19(25-15)20(3,21)22/h8-11H,5-7H2,1-4H3,(H,23,24,28). The molecule has 3 rings (SSSR count). The number of carbonyl (C=O) groups excluding carboxylic acids is 1. The number of alkyl halides is 2. The van der Waals surface area contributed by atoms with E-state index in [1.54, 1.807) is 12.3 Å². The molecule has 0 aromatic carbocycles. The Labute approximate surface area is 172 Å². The Morgan fingerprint density at radius 2 is 2.03 bits per heavy atom. The Hall–Kier alpha value is -3.14. The average Bonchev–Trinajstić information content (AvgIpc) is 3.05. The van der Waals surface area contributed by atoms with Crippen LogP contribution in [0.4, 0.5) is 14.6 Å². The minimum Gasteiger partial charge on any atom is -0.475 e. The third-order valence-corrected chi connectivity index (χ3v) is 4.32. The van der Waals surface area contributed by atoms with Gasteiger partial charge in [-0.15, -0.1) is 0 Å². The summed E-state index contributed by atoms with van der Waals surface area (Å²) in [6.45, 7) is 5.16. The second-order valence-corrected chi connectivity index (χ2v) is 6.74. The van der Waals surface area contributed by atoms with Gasteiger partial charge < -0.3 is 19.4 Å². The third-order valence-electron chi connectivity index (χ3n) is 4.32. The maximum Gasteiger partial charge on any atom is 0.303 e. The smallest absolute Gasteiger partial charge is 0.303 e. The minimum atomic E-state index is -3.25. The van der Waals surface area contributed by atoms with Crippen LogP contribution in [0, 0.1) is 0 Å². The molecule has 0 bridgehead atoms. The Kier molecular flexibility index (Phi) is 6.25. The van der Waals surface area contributed by atoms with Crippen LogP contribution in [0.15, 0.2) is 24.5 Å². The SMILES string of the molecule is CCn1cc(-c2cc(OCCOC)nc(C(C)(F)F)n2)c2cc(NC(C)=O)ncc21. The highest BCUT2D eigenvalue weighted by Crippen LogP contribution is 2.34. The van der Waals surface area contributed by atoms with E-state index >= 15 is 0 Å². The first-order valence-electron chi connectivity index (χ1n) is 9.39. The number of methoxy groups -OCH3 is 1. The van der Waals surface area contributed by atoms with Crippen molar-refractivity contribution in [2.24, 2.45) is 0 Å². The quantitative estimate of drug-likeness (QED) is 0.561. The van der Waals surface area contributed by atoms with Crippen molar-refractivity contribution in [1.82, 2.24) is 19.5 Å². The fourth-order valence-electron chi connectivity index (χ4n) is 2.96. The molecular formula is C20H23F2N5O3. The van der Waals surface area contributed by atoms with E-state index in [9.17, 15) is 13.6 Å². The van der Waals surface area contributed by atoms with Gasteiger partial charge in [-0.05, 0) is 13.0 Å². The Morgan fingerprint density at radius 1 is 1.27 bits per heavy atom. The van der Waals surface area contributed by atoms with Crippen molar-refractivity contribution in [3.63, 3.8) is 0 Å². The third kappa shape index (κ3) is 4.70. The summed E-state index contributed by atoms with van der Waals surface area (Å²) >= 11 is 0. The lowest BCUT2D eigenvalue weighted by Gasteiger charge is -2.13. The number of fused-ring (bicyclic) bond motifs is 1. The minimum absolute atomic E-state index is 0.0297. The molecule has 0 aliphatic carbocycles.